The van der Waals surface area contributed by atoms with Crippen molar-refractivity contribution >= 4 is 11.7 Å². The van der Waals surface area contributed by atoms with Crippen molar-refractivity contribution in [3.05, 3.63) is 35.8 Å². The van der Waals surface area contributed by atoms with Crippen LogP contribution in [0.15, 0.2) is 24.5 Å². The van der Waals surface area contributed by atoms with Crippen LogP contribution in [-0.2, 0) is 0 Å². The molecule has 1 aliphatic heterocycles. The lowest BCUT2D eigenvalue weighted by atomic mass is 10.0. The molecule has 0 aromatic carbocycles. The minimum absolute atomic E-state index is 0.0151. The van der Waals surface area contributed by atoms with Crippen molar-refractivity contribution in [1.82, 2.24) is 25.3 Å². The lowest BCUT2D eigenvalue weighted by molar-refractivity contribution is 0.0951. The average molecular weight is 352 g/mol. The van der Waals surface area contributed by atoms with Crippen LogP contribution in [0.5, 0.6) is 0 Å². The Kier molecular flexibility index (Phi) is 3.87. The second-order valence-corrected chi connectivity index (χ2v) is 7.77. The first-order valence-electron chi connectivity index (χ1n) is 9.70. The van der Waals surface area contributed by atoms with Crippen LogP contribution in [0.25, 0.3) is 0 Å². The van der Waals surface area contributed by atoms with Crippen molar-refractivity contribution < 1.29 is 4.79 Å². The average Bonchev–Trinajstić information content (AvgIpc) is 3.62. The number of nitrogens with one attached hydrogen (secondary N) is 1. The molecule has 0 unspecified atom stereocenters. The van der Waals surface area contributed by atoms with Crippen LogP contribution in [0.1, 0.15) is 66.5 Å². The van der Waals surface area contributed by atoms with Crippen LogP contribution < -0.4 is 10.2 Å². The maximum absolute atomic E-state index is 12.3. The Morgan fingerprint density at radius 3 is 2.65 bits per heavy atom. The number of anilines is 1. The second-order valence-electron chi connectivity index (χ2n) is 7.77. The summed E-state index contributed by atoms with van der Waals surface area (Å²) in [5.74, 6) is 1.56. The van der Waals surface area contributed by atoms with Gasteiger partial charge in [-0.15, -0.1) is 5.10 Å². The van der Waals surface area contributed by atoms with Crippen molar-refractivity contribution in [3.63, 3.8) is 0 Å². The molecule has 3 fully saturated rings. The second kappa shape index (κ2) is 6.37. The van der Waals surface area contributed by atoms with E-state index in [4.69, 9.17) is 0 Å². The van der Waals surface area contributed by atoms with E-state index in [2.05, 4.69) is 36.4 Å². The molecule has 1 amide bonds. The molecule has 0 spiro atoms. The zero-order valence-electron chi connectivity index (χ0n) is 14.8. The first-order chi connectivity index (χ1) is 12.8. The minimum Gasteiger partial charge on any atom is -0.356 e. The fourth-order valence-electron chi connectivity index (χ4n) is 3.62. The van der Waals surface area contributed by atoms with Gasteiger partial charge in [-0.1, -0.05) is 5.21 Å². The molecule has 1 saturated heterocycles. The van der Waals surface area contributed by atoms with E-state index in [0.717, 1.165) is 50.3 Å². The SMILES string of the molecule is O=C(NC1CC1)c1ccnc(N2CCC(n3cc(C4CC4)nn3)CC2)c1. The number of carbonyl (C=O) groups excluding carboxylic acids is 1. The molecule has 7 heteroatoms. The van der Waals surface area contributed by atoms with Crippen LogP contribution in [0.3, 0.4) is 0 Å². The molecule has 136 valence electrons. The third-order valence-corrected chi connectivity index (χ3v) is 5.61. The summed E-state index contributed by atoms with van der Waals surface area (Å²) in [4.78, 5) is 19.0. The molecule has 7 nitrogen and oxygen atoms in total. The van der Waals surface area contributed by atoms with Crippen LogP contribution in [0, 0.1) is 0 Å². The van der Waals surface area contributed by atoms with Crippen molar-refractivity contribution in [3.8, 4) is 0 Å². The summed E-state index contributed by atoms with van der Waals surface area (Å²) in [6.07, 6.45) is 10.6. The topological polar surface area (TPSA) is 75.9 Å². The Hall–Kier alpha value is -2.44. The number of piperidine rings is 1. The number of amides is 1. The Morgan fingerprint density at radius 2 is 1.92 bits per heavy atom. The highest BCUT2D eigenvalue weighted by atomic mass is 16.1. The quantitative estimate of drug-likeness (QED) is 0.893. The van der Waals surface area contributed by atoms with Crippen LogP contribution >= 0.6 is 0 Å². The maximum atomic E-state index is 12.3. The number of pyridine rings is 1. The maximum Gasteiger partial charge on any atom is 0.251 e. The molecule has 3 aliphatic rings. The molecule has 0 radical (unpaired) electrons. The van der Waals surface area contributed by atoms with Crippen LogP contribution in [-0.4, -0.2) is 45.0 Å². The number of hydrogen-bond donors (Lipinski definition) is 1. The van der Waals surface area contributed by atoms with E-state index in [1.165, 1.54) is 12.8 Å². The highest BCUT2D eigenvalue weighted by Gasteiger charge is 2.29. The summed E-state index contributed by atoms with van der Waals surface area (Å²) in [5.41, 5.74) is 1.86. The lowest BCUT2D eigenvalue weighted by Gasteiger charge is -2.32. The Bertz CT molecular complexity index is 802. The number of rotatable bonds is 5. The predicted octanol–water partition coefficient (Wildman–Crippen LogP) is 2.28. The molecule has 2 aromatic heterocycles. The third-order valence-electron chi connectivity index (χ3n) is 5.61. The van der Waals surface area contributed by atoms with Gasteiger partial charge in [0.25, 0.3) is 5.91 Å². The van der Waals surface area contributed by atoms with Gasteiger partial charge in [0, 0.05) is 43.0 Å². The van der Waals surface area contributed by atoms with Crippen molar-refractivity contribution in [2.75, 3.05) is 18.0 Å². The number of aromatic nitrogens is 4. The van der Waals surface area contributed by atoms with Gasteiger partial charge in [0.2, 0.25) is 0 Å². The minimum atomic E-state index is 0.0151. The molecule has 2 aromatic rings. The van der Waals surface area contributed by atoms with E-state index >= 15 is 0 Å². The van der Waals surface area contributed by atoms with Crippen LogP contribution in [0.2, 0.25) is 0 Å². The zero-order chi connectivity index (χ0) is 17.5. The summed E-state index contributed by atoms with van der Waals surface area (Å²) < 4.78 is 2.05. The predicted molar refractivity (Wildman–Crippen MR) is 97.2 cm³/mol. The number of carbonyl (C=O) groups is 1. The van der Waals surface area contributed by atoms with E-state index in [1.807, 2.05) is 6.07 Å². The van der Waals surface area contributed by atoms with Crippen molar-refractivity contribution in [2.24, 2.45) is 0 Å². The lowest BCUT2D eigenvalue weighted by Crippen LogP contribution is -2.35. The highest BCUT2D eigenvalue weighted by molar-refractivity contribution is 5.95. The van der Waals surface area contributed by atoms with Gasteiger partial charge in [-0.05, 0) is 50.7 Å². The Morgan fingerprint density at radius 1 is 1.12 bits per heavy atom. The highest BCUT2D eigenvalue weighted by Crippen LogP contribution is 2.39. The molecule has 2 aliphatic carbocycles. The van der Waals surface area contributed by atoms with E-state index in [9.17, 15) is 4.79 Å². The van der Waals surface area contributed by atoms with Gasteiger partial charge in [0.15, 0.2) is 0 Å². The molecular weight excluding hydrogens is 328 g/mol. The van der Waals surface area contributed by atoms with E-state index < -0.39 is 0 Å². The van der Waals surface area contributed by atoms with E-state index in [1.54, 1.807) is 12.3 Å². The van der Waals surface area contributed by atoms with Gasteiger partial charge in [-0.25, -0.2) is 9.67 Å². The van der Waals surface area contributed by atoms with Crippen molar-refractivity contribution in [2.45, 2.75) is 56.5 Å². The van der Waals surface area contributed by atoms with E-state index in [-0.39, 0.29) is 5.91 Å². The monoisotopic (exact) mass is 352 g/mol. The molecule has 5 rings (SSSR count). The fraction of sp³-hybridized carbons (Fsp3) is 0.579. The van der Waals surface area contributed by atoms with Gasteiger partial charge in [-0.3, -0.25) is 4.79 Å². The van der Waals surface area contributed by atoms with Gasteiger partial charge in [0.1, 0.15) is 5.82 Å². The smallest absolute Gasteiger partial charge is 0.251 e. The summed E-state index contributed by atoms with van der Waals surface area (Å²) in [6, 6.07) is 4.49. The van der Waals surface area contributed by atoms with Gasteiger partial charge >= 0.3 is 0 Å². The van der Waals surface area contributed by atoms with Gasteiger partial charge < -0.3 is 10.2 Å². The van der Waals surface area contributed by atoms with E-state index in [0.29, 0.717) is 23.6 Å². The molecule has 26 heavy (non-hydrogen) atoms. The molecule has 1 N–H and O–H groups in total. The largest absolute Gasteiger partial charge is 0.356 e. The molecule has 0 bridgehead atoms. The first-order valence-corrected chi connectivity index (χ1v) is 9.70. The summed E-state index contributed by atoms with van der Waals surface area (Å²) in [6.45, 7) is 1.84. The Labute approximate surface area is 152 Å². The molecule has 3 heterocycles. The standard InChI is InChI=1S/C19H24N6O/c26-19(21-15-3-4-15)14-5-8-20-18(11-14)24-9-6-16(7-10-24)25-12-17(22-23-25)13-1-2-13/h5,8,11-13,15-16H,1-4,6-7,9-10H2,(H,21,26). The molecule has 2 saturated carbocycles. The van der Waals surface area contributed by atoms with Crippen molar-refractivity contribution in [1.29, 1.82) is 0 Å². The normalized spacial score (nSPS) is 21.0. The molecular formula is C19H24N6O. The van der Waals surface area contributed by atoms with Gasteiger partial charge in [-0.2, -0.15) is 0 Å². The summed E-state index contributed by atoms with van der Waals surface area (Å²) in [7, 11) is 0. The van der Waals surface area contributed by atoms with Gasteiger partial charge in [0.05, 0.1) is 11.7 Å². The number of nitrogens with zero attached hydrogens (tertiary/aromatic N) is 5. The van der Waals surface area contributed by atoms with Crippen LogP contribution in [0.4, 0.5) is 5.82 Å². The summed E-state index contributed by atoms with van der Waals surface area (Å²) >= 11 is 0. The Balaban J connectivity index is 1.22. The summed E-state index contributed by atoms with van der Waals surface area (Å²) in [5, 5.41) is 11.7. The fourth-order valence-corrected chi connectivity index (χ4v) is 3.62. The molecule has 0 atom stereocenters. The number of hydrogen-bond acceptors (Lipinski definition) is 5. The third kappa shape index (κ3) is 3.30. The zero-order valence-corrected chi connectivity index (χ0v) is 14.8. The first kappa shape index (κ1) is 15.8.